The van der Waals surface area contributed by atoms with Crippen LogP contribution in [0, 0.1) is 17.1 Å². The second-order valence-electron chi connectivity index (χ2n) is 1.96. The van der Waals surface area contributed by atoms with Gasteiger partial charge in [-0.2, -0.15) is 5.26 Å². The predicted molar refractivity (Wildman–Crippen MR) is 35.2 cm³/mol. The van der Waals surface area contributed by atoms with E-state index in [1.807, 2.05) is 0 Å². The Hall–Kier alpha value is -1.63. The lowest BCUT2D eigenvalue weighted by Gasteiger charge is -1.95. The molecule has 0 bridgehead atoms. The standard InChI is InChI=1S/C7H5FN2O/c8-6-3-5(11)4-10-7(6)1-2-9/h3-4,11H,1H2. The average Bonchev–Trinajstić information content (AvgIpc) is 1.95. The molecule has 1 rings (SSSR count). The lowest BCUT2D eigenvalue weighted by Crippen LogP contribution is -1.91. The molecule has 3 nitrogen and oxygen atoms in total. The van der Waals surface area contributed by atoms with E-state index in [-0.39, 0.29) is 17.9 Å². The van der Waals surface area contributed by atoms with Crippen LogP contribution in [0.4, 0.5) is 4.39 Å². The first-order chi connectivity index (χ1) is 5.24. The third kappa shape index (κ3) is 1.64. The van der Waals surface area contributed by atoms with Gasteiger partial charge in [-0.1, -0.05) is 0 Å². The maximum Gasteiger partial charge on any atom is 0.149 e. The maximum absolute atomic E-state index is 12.7. The number of hydrogen-bond donors (Lipinski definition) is 1. The zero-order valence-corrected chi connectivity index (χ0v) is 5.58. The topological polar surface area (TPSA) is 56.9 Å². The van der Waals surface area contributed by atoms with Crippen molar-refractivity contribution in [1.29, 1.82) is 5.26 Å². The van der Waals surface area contributed by atoms with E-state index in [1.165, 1.54) is 0 Å². The van der Waals surface area contributed by atoms with Crippen LogP contribution in [-0.4, -0.2) is 10.1 Å². The summed E-state index contributed by atoms with van der Waals surface area (Å²) in [4.78, 5) is 3.52. The molecule has 0 atom stereocenters. The fourth-order valence-corrected chi connectivity index (χ4v) is 0.661. The van der Waals surface area contributed by atoms with E-state index in [0.29, 0.717) is 0 Å². The van der Waals surface area contributed by atoms with Crippen molar-refractivity contribution < 1.29 is 9.50 Å². The summed E-state index contributed by atoms with van der Waals surface area (Å²) in [5.74, 6) is -0.879. The Morgan fingerprint density at radius 1 is 1.73 bits per heavy atom. The van der Waals surface area contributed by atoms with Gasteiger partial charge >= 0.3 is 0 Å². The van der Waals surface area contributed by atoms with Gasteiger partial charge < -0.3 is 5.11 Å². The van der Waals surface area contributed by atoms with E-state index >= 15 is 0 Å². The zero-order valence-electron chi connectivity index (χ0n) is 5.58. The first kappa shape index (κ1) is 7.48. The van der Waals surface area contributed by atoms with E-state index in [9.17, 15) is 4.39 Å². The predicted octanol–water partition coefficient (Wildman–Crippen LogP) is 0.992. The molecule has 0 amide bonds. The van der Waals surface area contributed by atoms with Crippen LogP contribution in [0.2, 0.25) is 0 Å². The molecule has 0 radical (unpaired) electrons. The number of pyridine rings is 1. The van der Waals surface area contributed by atoms with Crippen molar-refractivity contribution >= 4 is 0 Å². The van der Waals surface area contributed by atoms with Crippen LogP contribution in [0.25, 0.3) is 0 Å². The SMILES string of the molecule is N#CCc1ncc(O)cc1F. The Morgan fingerprint density at radius 3 is 3.00 bits per heavy atom. The van der Waals surface area contributed by atoms with Gasteiger partial charge in [0.2, 0.25) is 0 Å². The van der Waals surface area contributed by atoms with Crippen molar-refractivity contribution in [2.45, 2.75) is 6.42 Å². The molecule has 0 aliphatic heterocycles. The molecule has 1 heterocycles. The van der Waals surface area contributed by atoms with Gasteiger partial charge in [-0.3, -0.25) is 4.98 Å². The highest BCUT2D eigenvalue weighted by atomic mass is 19.1. The van der Waals surface area contributed by atoms with Gasteiger partial charge in [0, 0.05) is 6.07 Å². The largest absolute Gasteiger partial charge is 0.506 e. The summed E-state index contributed by atoms with van der Waals surface area (Å²) in [5.41, 5.74) is 0.0605. The molecule has 0 aromatic carbocycles. The van der Waals surface area contributed by atoms with Crippen LogP contribution in [-0.2, 0) is 6.42 Å². The summed E-state index contributed by atoms with van der Waals surface area (Å²) in [6.45, 7) is 0. The van der Waals surface area contributed by atoms with Gasteiger partial charge in [0.15, 0.2) is 0 Å². The summed E-state index contributed by atoms with van der Waals surface area (Å²) >= 11 is 0. The molecule has 1 aromatic rings. The van der Waals surface area contributed by atoms with E-state index < -0.39 is 5.82 Å². The Labute approximate surface area is 62.7 Å². The molecule has 1 aromatic heterocycles. The molecule has 1 N–H and O–H groups in total. The van der Waals surface area contributed by atoms with Gasteiger partial charge in [-0.15, -0.1) is 0 Å². The van der Waals surface area contributed by atoms with Crippen molar-refractivity contribution in [1.82, 2.24) is 4.98 Å². The molecule has 0 saturated heterocycles. The highest BCUT2D eigenvalue weighted by Gasteiger charge is 2.02. The Kier molecular flexibility index (Phi) is 2.02. The summed E-state index contributed by atoms with van der Waals surface area (Å²) in [6, 6.07) is 2.69. The van der Waals surface area contributed by atoms with Gasteiger partial charge in [-0.25, -0.2) is 4.39 Å². The van der Waals surface area contributed by atoms with Crippen molar-refractivity contribution in [3.8, 4) is 11.8 Å². The third-order valence-corrected chi connectivity index (χ3v) is 1.15. The normalized spacial score (nSPS) is 9.09. The number of hydrogen-bond acceptors (Lipinski definition) is 3. The summed E-state index contributed by atoms with van der Waals surface area (Å²) in [7, 11) is 0. The minimum absolute atomic E-state index is 0.0605. The monoisotopic (exact) mass is 152 g/mol. The van der Waals surface area contributed by atoms with Crippen LogP contribution in [0.5, 0.6) is 5.75 Å². The molecule has 0 saturated carbocycles. The Balaban J connectivity index is 3.01. The number of nitrogens with zero attached hydrogens (tertiary/aromatic N) is 2. The van der Waals surface area contributed by atoms with E-state index in [2.05, 4.69) is 4.98 Å². The van der Waals surface area contributed by atoms with Crippen molar-refractivity contribution in [3.05, 3.63) is 23.8 Å². The highest BCUT2D eigenvalue weighted by Crippen LogP contribution is 2.11. The van der Waals surface area contributed by atoms with Crippen LogP contribution in [0.3, 0.4) is 0 Å². The minimum Gasteiger partial charge on any atom is -0.506 e. The Bertz CT molecular complexity index is 306. The molecule has 11 heavy (non-hydrogen) atoms. The number of aromatic hydroxyl groups is 1. The first-order valence-corrected chi connectivity index (χ1v) is 2.94. The van der Waals surface area contributed by atoms with Gasteiger partial charge in [0.25, 0.3) is 0 Å². The molecule has 0 spiro atoms. The van der Waals surface area contributed by atoms with Crippen molar-refractivity contribution in [3.63, 3.8) is 0 Å². The molecule has 0 aliphatic rings. The van der Waals surface area contributed by atoms with E-state index in [0.717, 1.165) is 12.3 Å². The lowest BCUT2D eigenvalue weighted by atomic mass is 10.3. The third-order valence-electron chi connectivity index (χ3n) is 1.15. The Morgan fingerprint density at radius 2 is 2.45 bits per heavy atom. The van der Waals surface area contributed by atoms with E-state index in [4.69, 9.17) is 10.4 Å². The van der Waals surface area contributed by atoms with E-state index in [1.54, 1.807) is 6.07 Å². The van der Waals surface area contributed by atoms with Gasteiger partial charge in [0.1, 0.15) is 11.6 Å². The van der Waals surface area contributed by atoms with Gasteiger partial charge in [0.05, 0.1) is 24.4 Å². The minimum atomic E-state index is -0.647. The quantitative estimate of drug-likeness (QED) is 0.652. The average molecular weight is 152 g/mol. The second kappa shape index (κ2) is 2.97. The molecular weight excluding hydrogens is 147 g/mol. The fourth-order valence-electron chi connectivity index (χ4n) is 0.661. The molecule has 0 unspecified atom stereocenters. The molecule has 0 fully saturated rings. The van der Waals surface area contributed by atoms with Crippen LogP contribution in [0.15, 0.2) is 12.3 Å². The van der Waals surface area contributed by atoms with Gasteiger partial charge in [-0.05, 0) is 0 Å². The lowest BCUT2D eigenvalue weighted by molar-refractivity contribution is 0.463. The number of nitriles is 1. The highest BCUT2D eigenvalue weighted by molar-refractivity contribution is 5.21. The van der Waals surface area contributed by atoms with Crippen molar-refractivity contribution in [2.24, 2.45) is 0 Å². The number of aromatic nitrogens is 1. The molecule has 0 aliphatic carbocycles. The molecule has 4 heteroatoms. The second-order valence-corrected chi connectivity index (χ2v) is 1.96. The van der Waals surface area contributed by atoms with Crippen LogP contribution >= 0.6 is 0 Å². The van der Waals surface area contributed by atoms with Crippen LogP contribution in [0.1, 0.15) is 5.69 Å². The smallest absolute Gasteiger partial charge is 0.149 e. The molecule has 56 valence electrons. The summed E-state index contributed by atoms with van der Waals surface area (Å²) in [6.07, 6.45) is 1.03. The fraction of sp³-hybridized carbons (Fsp3) is 0.143. The van der Waals surface area contributed by atoms with Crippen molar-refractivity contribution in [2.75, 3.05) is 0 Å². The number of halogens is 1. The summed E-state index contributed by atoms with van der Waals surface area (Å²) < 4.78 is 12.7. The summed E-state index contributed by atoms with van der Waals surface area (Å²) in [5, 5.41) is 16.9. The maximum atomic E-state index is 12.7. The zero-order chi connectivity index (χ0) is 8.27. The number of rotatable bonds is 1. The first-order valence-electron chi connectivity index (χ1n) is 2.94. The molecular formula is C7H5FN2O. The van der Waals surface area contributed by atoms with Crippen LogP contribution < -0.4 is 0 Å².